The fraction of sp³-hybridized carbons (Fsp3) is 0.714. The Bertz CT molecular complexity index is 697. The number of anilines is 1. The van der Waals surface area contributed by atoms with Gasteiger partial charge in [0.2, 0.25) is 5.91 Å². The molecule has 4 rings (SSSR count). The van der Waals surface area contributed by atoms with Crippen molar-refractivity contribution >= 4 is 11.6 Å². The maximum Gasteiger partial charge on any atom is 0.433 e. The summed E-state index contributed by atoms with van der Waals surface area (Å²) in [6, 6.07) is 3.23. The lowest BCUT2D eigenvalue weighted by atomic mass is 9.91. The molecule has 1 amide bonds. The molecule has 3 aliphatic rings. The molecule has 0 spiro atoms. The van der Waals surface area contributed by atoms with E-state index in [0.29, 0.717) is 18.8 Å². The molecule has 0 aromatic carbocycles. The molecule has 2 saturated heterocycles. The number of carbonyl (C=O) groups excluding carboxylic acids is 1. The Kier molecular flexibility index (Phi) is 5.99. The molecule has 1 saturated carbocycles. The average molecular weight is 410 g/mol. The zero-order chi connectivity index (χ0) is 20.4. The first kappa shape index (κ1) is 20.4. The van der Waals surface area contributed by atoms with Gasteiger partial charge in [0.1, 0.15) is 5.69 Å². The normalized spacial score (nSPS) is 23.0. The molecule has 3 heterocycles. The first-order valence-electron chi connectivity index (χ1n) is 10.7. The molecule has 0 N–H and O–H groups in total. The van der Waals surface area contributed by atoms with Crippen molar-refractivity contribution in [2.24, 2.45) is 5.92 Å². The van der Waals surface area contributed by atoms with Crippen molar-refractivity contribution in [3.8, 4) is 0 Å². The number of hydrogen-bond acceptors (Lipinski definition) is 4. The van der Waals surface area contributed by atoms with Crippen LogP contribution >= 0.6 is 0 Å². The molecule has 0 atom stereocenters. The first-order chi connectivity index (χ1) is 13.9. The van der Waals surface area contributed by atoms with Crippen LogP contribution in [-0.2, 0) is 11.0 Å². The summed E-state index contributed by atoms with van der Waals surface area (Å²) in [5.74, 6) is 0.273. The van der Waals surface area contributed by atoms with Crippen LogP contribution in [0.1, 0.15) is 44.2 Å². The van der Waals surface area contributed by atoms with E-state index in [9.17, 15) is 18.0 Å². The summed E-state index contributed by atoms with van der Waals surface area (Å²) in [5.41, 5.74) is -0.182. The van der Waals surface area contributed by atoms with Crippen molar-refractivity contribution in [1.29, 1.82) is 0 Å². The zero-order valence-electron chi connectivity index (χ0n) is 16.7. The summed E-state index contributed by atoms with van der Waals surface area (Å²) in [4.78, 5) is 23.2. The van der Waals surface area contributed by atoms with E-state index < -0.39 is 11.9 Å². The number of carbonyl (C=O) groups is 1. The SMILES string of the molecule is O=C(C1CCN(c2ccc(C(F)(F)F)nc2)CC1)N1CCCN(C2CCC2)CC1. The van der Waals surface area contributed by atoms with Crippen LogP contribution in [0, 0.1) is 5.92 Å². The minimum Gasteiger partial charge on any atom is -0.370 e. The molecule has 8 heteroatoms. The smallest absolute Gasteiger partial charge is 0.370 e. The number of alkyl halides is 3. The van der Waals surface area contributed by atoms with Crippen LogP contribution in [0.25, 0.3) is 0 Å². The lowest BCUT2D eigenvalue weighted by molar-refractivity contribution is -0.141. The van der Waals surface area contributed by atoms with E-state index in [2.05, 4.69) is 9.88 Å². The fourth-order valence-corrected chi connectivity index (χ4v) is 4.66. The summed E-state index contributed by atoms with van der Waals surface area (Å²) in [6.07, 6.45) is 3.31. The van der Waals surface area contributed by atoms with Gasteiger partial charge in [0, 0.05) is 51.2 Å². The Hall–Kier alpha value is -1.83. The molecule has 2 aliphatic heterocycles. The average Bonchev–Trinajstić information content (AvgIpc) is 2.92. The Morgan fingerprint density at radius 1 is 0.931 bits per heavy atom. The van der Waals surface area contributed by atoms with Crippen LogP contribution in [0.5, 0.6) is 0 Å². The highest BCUT2D eigenvalue weighted by Crippen LogP contribution is 2.30. The largest absolute Gasteiger partial charge is 0.433 e. The van der Waals surface area contributed by atoms with E-state index in [1.54, 1.807) is 0 Å². The van der Waals surface area contributed by atoms with Crippen LogP contribution in [0.3, 0.4) is 0 Å². The molecule has 1 aromatic rings. The highest BCUT2D eigenvalue weighted by Gasteiger charge is 2.34. The zero-order valence-corrected chi connectivity index (χ0v) is 16.7. The Morgan fingerprint density at radius 2 is 1.69 bits per heavy atom. The van der Waals surface area contributed by atoms with Gasteiger partial charge >= 0.3 is 6.18 Å². The molecule has 0 unspecified atom stereocenters. The van der Waals surface area contributed by atoms with Gasteiger partial charge in [0.15, 0.2) is 0 Å². The predicted molar refractivity (Wildman–Crippen MR) is 105 cm³/mol. The molecule has 160 valence electrons. The number of rotatable bonds is 3. The van der Waals surface area contributed by atoms with E-state index in [1.807, 2.05) is 9.80 Å². The molecule has 3 fully saturated rings. The third kappa shape index (κ3) is 4.68. The lowest BCUT2D eigenvalue weighted by Crippen LogP contribution is -2.45. The van der Waals surface area contributed by atoms with E-state index in [0.717, 1.165) is 57.5 Å². The van der Waals surface area contributed by atoms with Gasteiger partial charge in [0.05, 0.1) is 11.9 Å². The van der Waals surface area contributed by atoms with Crippen molar-refractivity contribution in [3.05, 3.63) is 24.0 Å². The second-order valence-electron chi connectivity index (χ2n) is 8.46. The minimum absolute atomic E-state index is 0.0175. The van der Waals surface area contributed by atoms with E-state index in [4.69, 9.17) is 0 Å². The molecule has 0 radical (unpaired) electrons. The third-order valence-electron chi connectivity index (χ3n) is 6.68. The summed E-state index contributed by atoms with van der Waals surface area (Å²) in [7, 11) is 0. The van der Waals surface area contributed by atoms with Gasteiger partial charge in [-0.2, -0.15) is 13.2 Å². The van der Waals surface area contributed by atoms with Gasteiger partial charge in [0.25, 0.3) is 0 Å². The monoisotopic (exact) mass is 410 g/mol. The quantitative estimate of drug-likeness (QED) is 0.766. The number of piperidine rings is 1. The fourth-order valence-electron chi connectivity index (χ4n) is 4.66. The third-order valence-corrected chi connectivity index (χ3v) is 6.68. The number of pyridine rings is 1. The molecule has 1 aliphatic carbocycles. The Balaban J connectivity index is 1.28. The second-order valence-corrected chi connectivity index (χ2v) is 8.46. The maximum atomic E-state index is 13.0. The second kappa shape index (κ2) is 8.50. The van der Waals surface area contributed by atoms with Crippen molar-refractivity contribution in [3.63, 3.8) is 0 Å². The van der Waals surface area contributed by atoms with Gasteiger partial charge in [-0.15, -0.1) is 0 Å². The van der Waals surface area contributed by atoms with E-state index in [-0.39, 0.29) is 11.8 Å². The van der Waals surface area contributed by atoms with Gasteiger partial charge < -0.3 is 9.80 Å². The van der Waals surface area contributed by atoms with Crippen LogP contribution < -0.4 is 4.90 Å². The van der Waals surface area contributed by atoms with Crippen molar-refractivity contribution < 1.29 is 18.0 Å². The van der Waals surface area contributed by atoms with Gasteiger partial charge in [-0.25, -0.2) is 4.98 Å². The van der Waals surface area contributed by atoms with Gasteiger partial charge in [-0.3, -0.25) is 9.69 Å². The van der Waals surface area contributed by atoms with Crippen LogP contribution in [0.15, 0.2) is 18.3 Å². The predicted octanol–water partition coefficient (Wildman–Crippen LogP) is 3.40. The number of halogens is 3. The van der Waals surface area contributed by atoms with Crippen molar-refractivity contribution in [2.45, 2.75) is 50.7 Å². The van der Waals surface area contributed by atoms with Crippen LogP contribution in [0.4, 0.5) is 18.9 Å². The first-order valence-corrected chi connectivity index (χ1v) is 10.7. The van der Waals surface area contributed by atoms with Crippen molar-refractivity contribution in [2.75, 3.05) is 44.2 Å². The molecule has 5 nitrogen and oxygen atoms in total. The minimum atomic E-state index is -4.42. The number of nitrogens with zero attached hydrogens (tertiary/aromatic N) is 4. The summed E-state index contributed by atoms with van der Waals surface area (Å²) in [5, 5.41) is 0. The molecule has 0 bridgehead atoms. The number of aromatic nitrogens is 1. The Morgan fingerprint density at radius 3 is 2.28 bits per heavy atom. The highest BCUT2D eigenvalue weighted by molar-refractivity contribution is 5.79. The summed E-state index contributed by atoms with van der Waals surface area (Å²) in [6.45, 7) is 5.07. The number of amides is 1. The van der Waals surface area contributed by atoms with Crippen LogP contribution in [-0.4, -0.2) is 66.0 Å². The van der Waals surface area contributed by atoms with Crippen molar-refractivity contribution in [1.82, 2.24) is 14.8 Å². The highest BCUT2D eigenvalue weighted by atomic mass is 19.4. The summed E-state index contributed by atoms with van der Waals surface area (Å²) < 4.78 is 38.0. The van der Waals surface area contributed by atoms with E-state index in [1.165, 1.54) is 31.5 Å². The topological polar surface area (TPSA) is 39.7 Å². The molecular weight excluding hydrogens is 381 g/mol. The maximum absolute atomic E-state index is 13.0. The van der Waals surface area contributed by atoms with Crippen LogP contribution in [0.2, 0.25) is 0 Å². The lowest BCUT2D eigenvalue weighted by Gasteiger charge is -2.37. The Labute approximate surface area is 169 Å². The summed E-state index contributed by atoms with van der Waals surface area (Å²) >= 11 is 0. The molecule has 1 aromatic heterocycles. The van der Waals surface area contributed by atoms with Gasteiger partial charge in [-0.1, -0.05) is 6.42 Å². The van der Waals surface area contributed by atoms with E-state index >= 15 is 0 Å². The number of hydrogen-bond donors (Lipinski definition) is 0. The van der Waals surface area contributed by atoms with Gasteiger partial charge in [-0.05, 0) is 44.2 Å². The standard InChI is InChI=1S/C21H29F3N4O/c22-21(23,24)19-6-5-18(15-25-19)27-11-7-16(8-12-27)20(29)28-10-2-9-26(13-14-28)17-3-1-4-17/h5-6,15-17H,1-4,7-14H2. The molecular formula is C21H29F3N4O. The molecule has 29 heavy (non-hydrogen) atoms.